The highest BCUT2D eigenvalue weighted by Gasteiger charge is 2.39. The van der Waals surface area contributed by atoms with Gasteiger partial charge in [0.2, 0.25) is 9.84 Å². The molecule has 0 unspecified atom stereocenters. The Labute approximate surface area is 108 Å². The number of fused-ring (bicyclic) bond motifs is 1. The van der Waals surface area contributed by atoms with Crippen LogP contribution in [0.5, 0.6) is 0 Å². The maximum atomic E-state index is 12.9. The zero-order chi connectivity index (χ0) is 14.3. The van der Waals surface area contributed by atoms with Crippen molar-refractivity contribution in [3.63, 3.8) is 0 Å². The van der Waals surface area contributed by atoms with Gasteiger partial charge < -0.3 is 5.73 Å². The molecule has 19 heavy (non-hydrogen) atoms. The normalized spacial score (nSPS) is 17.2. The van der Waals surface area contributed by atoms with Gasteiger partial charge in [-0.1, -0.05) is 6.07 Å². The SMILES string of the molecule is NCCCC1=CS(=O)(=O)c2cccc(C(F)(F)F)c21. The smallest absolute Gasteiger partial charge is 0.330 e. The zero-order valence-electron chi connectivity index (χ0n) is 9.87. The van der Waals surface area contributed by atoms with Gasteiger partial charge in [-0.15, -0.1) is 0 Å². The molecule has 2 rings (SSSR count). The number of allylic oxidation sites excluding steroid dienone is 1. The number of hydrogen-bond acceptors (Lipinski definition) is 3. The molecule has 0 spiro atoms. The zero-order valence-corrected chi connectivity index (χ0v) is 10.7. The Bertz CT molecular complexity index is 633. The maximum absolute atomic E-state index is 12.9. The molecule has 0 amide bonds. The van der Waals surface area contributed by atoms with E-state index in [-0.39, 0.29) is 22.5 Å². The second kappa shape index (κ2) is 4.64. The van der Waals surface area contributed by atoms with Crippen LogP contribution in [-0.2, 0) is 16.0 Å². The van der Waals surface area contributed by atoms with Gasteiger partial charge in [0, 0.05) is 11.0 Å². The predicted molar refractivity (Wildman–Crippen MR) is 64.9 cm³/mol. The van der Waals surface area contributed by atoms with Crippen LogP contribution in [0.15, 0.2) is 28.5 Å². The summed E-state index contributed by atoms with van der Waals surface area (Å²) >= 11 is 0. The van der Waals surface area contributed by atoms with Crippen molar-refractivity contribution in [1.82, 2.24) is 0 Å². The van der Waals surface area contributed by atoms with Crippen LogP contribution in [0.25, 0.3) is 5.57 Å². The Hall–Kier alpha value is -1.34. The second-order valence-corrected chi connectivity index (χ2v) is 6.02. The van der Waals surface area contributed by atoms with E-state index in [1.807, 2.05) is 0 Å². The van der Waals surface area contributed by atoms with E-state index in [2.05, 4.69) is 0 Å². The average molecular weight is 291 g/mol. The lowest BCUT2D eigenvalue weighted by atomic mass is 9.97. The van der Waals surface area contributed by atoms with Gasteiger partial charge in [0.05, 0.1) is 10.5 Å². The van der Waals surface area contributed by atoms with Crippen LogP contribution < -0.4 is 5.73 Å². The molecule has 1 aromatic rings. The van der Waals surface area contributed by atoms with Gasteiger partial charge in [-0.05, 0) is 37.1 Å². The fraction of sp³-hybridized carbons (Fsp3) is 0.333. The third-order valence-corrected chi connectivity index (χ3v) is 4.45. The van der Waals surface area contributed by atoms with Crippen molar-refractivity contribution in [2.45, 2.75) is 23.9 Å². The van der Waals surface area contributed by atoms with Gasteiger partial charge in [0.15, 0.2) is 0 Å². The lowest BCUT2D eigenvalue weighted by Gasteiger charge is -2.13. The molecule has 0 saturated heterocycles. The summed E-state index contributed by atoms with van der Waals surface area (Å²) in [6.07, 6.45) is -3.92. The largest absolute Gasteiger partial charge is 0.417 e. The van der Waals surface area contributed by atoms with E-state index in [9.17, 15) is 21.6 Å². The number of benzene rings is 1. The molecule has 0 aliphatic carbocycles. The Morgan fingerprint density at radius 1 is 1.21 bits per heavy atom. The fourth-order valence-electron chi connectivity index (χ4n) is 2.12. The molecule has 1 aliphatic rings. The third kappa shape index (κ3) is 2.52. The molecule has 0 bridgehead atoms. The predicted octanol–water partition coefficient (Wildman–Crippen LogP) is 2.57. The molecule has 2 N–H and O–H groups in total. The van der Waals surface area contributed by atoms with Crippen LogP contribution >= 0.6 is 0 Å². The van der Waals surface area contributed by atoms with E-state index in [0.717, 1.165) is 17.5 Å². The summed E-state index contributed by atoms with van der Waals surface area (Å²) in [5.41, 5.74) is 4.38. The number of rotatable bonds is 3. The molecule has 0 aromatic heterocycles. The number of nitrogens with two attached hydrogens (primary N) is 1. The first-order valence-electron chi connectivity index (χ1n) is 5.63. The van der Waals surface area contributed by atoms with E-state index < -0.39 is 21.6 Å². The van der Waals surface area contributed by atoms with Crippen molar-refractivity contribution in [2.24, 2.45) is 5.73 Å². The molecule has 3 nitrogen and oxygen atoms in total. The lowest BCUT2D eigenvalue weighted by Crippen LogP contribution is -2.10. The van der Waals surface area contributed by atoms with E-state index >= 15 is 0 Å². The van der Waals surface area contributed by atoms with Gasteiger partial charge in [-0.2, -0.15) is 13.2 Å². The van der Waals surface area contributed by atoms with Crippen molar-refractivity contribution >= 4 is 15.4 Å². The molecular formula is C12H12F3NO2S. The van der Waals surface area contributed by atoms with E-state index in [4.69, 9.17) is 5.73 Å². The summed E-state index contributed by atoms with van der Waals surface area (Å²) in [6.45, 7) is 0.293. The van der Waals surface area contributed by atoms with Crippen LogP contribution in [0.4, 0.5) is 13.2 Å². The van der Waals surface area contributed by atoms with Crippen LogP contribution in [0.2, 0.25) is 0 Å². The molecule has 0 radical (unpaired) electrons. The summed E-state index contributed by atoms with van der Waals surface area (Å²) in [6, 6.07) is 3.21. The Morgan fingerprint density at radius 3 is 2.47 bits per heavy atom. The summed E-state index contributed by atoms with van der Waals surface area (Å²) in [4.78, 5) is -0.269. The summed E-state index contributed by atoms with van der Waals surface area (Å²) in [5.74, 6) is 0. The minimum absolute atomic E-state index is 0.188. The maximum Gasteiger partial charge on any atom is 0.417 e. The molecule has 1 heterocycles. The van der Waals surface area contributed by atoms with Gasteiger partial charge >= 0.3 is 6.18 Å². The quantitative estimate of drug-likeness (QED) is 0.931. The first-order chi connectivity index (χ1) is 8.77. The van der Waals surface area contributed by atoms with Crippen molar-refractivity contribution in [3.8, 4) is 0 Å². The Balaban J connectivity index is 2.63. The Morgan fingerprint density at radius 2 is 1.89 bits per heavy atom. The van der Waals surface area contributed by atoms with Gasteiger partial charge in [0.25, 0.3) is 0 Å². The lowest BCUT2D eigenvalue weighted by molar-refractivity contribution is -0.137. The van der Waals surface area contributed by atoms with Crippen molar-refractivity contribution < 1.29 is 21.6 Å². The first kappa shape index (κ1) is 14.1. The fourth-order valence-corrected chi connectivity index (χ4v) is 3.65. The van der Waals surface area contributed by atoms with Crippen LogP contribution in [0.3, 0.4) is 0 Å². The first-order valence-corrected chi connectivity index (χ1v) is 7.18. The van der Waals surface area contributed by atoms with Crippen molar-refractivity contribution in [1.29, 1.82) is 0 Å². The second-order valence-electron chi connectivity index (χ2n) is 4.26. The van der Waals surface area contributed by atoms with E-state index in [0.29, 0.717) is 13.0 Å². The highest BCUT2D eigenvalue weighted by molar-refractivity contribution is 7.95. The number of hydrogen-bond donors (Lipinski definition) is 1. The Kier molecular flexibility index (Phi) is 3.44. The summed E-state index contributed by atoms with van der Waals surface area (Å²) < 4.78 is 62.5. The minimum Gasteiger partial charge on any atom is -0.330 e. The molecule has 0 fully saturated rings. The van der Waals surface area contributed by atoms with Crippen LogP contribution in [0.1, 0.15) is 24.0 Å². The summed E-state index contributed by atoms with van der Waals surface area (Å²) in [7, 11) is -3.77. The number of alkyl halides is 3. The highest BCUT2D eigenvalue weighted by atomic mass is 32.2. The molecule has 7 heteroatoms. The van der Waals surface area contributed by atoms with Crippen LogP contribution in [-0.4, -0.2) is 15.0 Å². The minimum atomic E-state index is -4.58. The van der Waals surface area contributed by atoms with Gasteiger partial charge in [-0.25, -0.2) is 8.42 Å². The number of sulfone groups is 1. The highest BCUT2D eigenvalue weighted by Crippen LogP contribution is 2.43. The van der Waals surface area contributed by atoms with Crippen molar-refractivity contribution in [3.05, 3.63) is 34.7 Å². The van der Waals surface area contributed by atoms with Crippen molar-refractivity contribution in [2.75, 3.05) is 6.54 Å². The van der Waals surface area contributed by atoms with Gasteiger partial charge in [-0.3, -0.25) is 0 Å². The van der Waals surface area contributed by atoms with Gasteiger partial charge in [0.1, 0.15) is 0 Å². The van der Waals surface area contributed by atoms with Crippen LogP contribution in [0, 0.1) is 0 Å². The standard InChI is InChI=1S/C12H12F3NO2S/c13-12(14,15)9-4-1-5-10-11(9)8(3-2-6-16)7-19(10,17)18/h1,4-5,7H,2-3,6,16H2. The molecule has 104 valence electrons. The molecule has 1 aromatic carbocycles. The monoisotopic (exact) mass is 291 g/mol. The summed E-state index contributed by atoms with van der Waals surface area (Å²) in [5, 5.41) is 0.919. The molecular weight excluding hydrogens is 279 g/mol. The number of halogens is 3. The van der Waals surface area contributed by atoms with E-state index in [1.165, 1.54) is 6.07 Å². The molecule has 0 saturated carbocycles. The topological polar surface area (TPSA) is 60.2 Å². The third-order valence-electron chi connectivity index (χ3n) is 2.91. The average Bonchev–Trinajstić information content (AvgIpc) is 2.57. The van der Waals surface area contributed by atoms with E-state index in [1.54, 1.807) is 0 Å². The molecule has 1 aliphatic heterocycles. The molecule has 0 atom stereocenters.